The number of anilines is 1. The molecule has 0 bridgehead atoms. The molecule has 2 aromatic carbocycles. The largest absolute Gasteiger partial charge is 0.508 e. The predicted octanol–water partition coefficient (Wildman–Crippen LogP) is 3.96. The molecule has 2 atom stereocenters. The van der Waals surface area contributed by atoms with Crippen molar-refractivity contribution in [3.8, 4) is 5.75 Å². The molecule has 0 saturated heterocycles. The van der Waals surface area contributed by atoms with E-state index >= 15 is 0 Å². The molecule has 130 valence electrons. The Kier molecular flexibility index (Phi) is 6.17. The van der Waals surface area contributed by atoms with E-state index < -0.39 is 18.2 Å². The second-order valence-corrected chi connectivity index (χ2v) is 5.46. The van der Waals surface area contributed by atoms with Crippen molar-refractivity contribution in [3.63, 3.8) is 0 Å². The number of hydrogen-bond donors (Lipinski definition) is 3. The van der Waals surface area contributed by atoms with Crippen LogP contribution in [-0.4, -0.2) is 22.3 Å². The number of carboxylic acids is 1. The lowest BCUT2D eigenvalue weighted by atomic mass is 9.96. The molecule has 3 N–H and O–H groups in total. The Morgan fingerprint density at radius 2 is 1.72 bits per heavy atom. The molecular weight excluding hydrogens is 322 g/mol. The number of rotatable bonds is 6. The first-order valence-electron chi connectivity index (χ1n) is 7.68. The highest BCUT2D eigenvalue weighted by Crippen LogP contribution is 2.29. The van der Waals surface area contributed by atoms with E-state index in [0.717, 1.165) is 6.08 Å². The molecule has 0 aliphatic heterocycles. The van der Waals surface area contributed by atoms with Gasteiger partial charge in [-0.2, -0.15) is 0 Å². The van der Waals surface area contributed by atoms with Crippen molar-refractivity contribution >= 4 is 17.7 Å². The number of phenols is 1. The lowest BCUT2D eigenvalue weighted by Crippen LogP contribution is -2.21. The van der Waals surface area contributed by atoms with E-state index in [4.69, 9.17) is 9.84 Å². The number of carbonyl (C=O) groups excluding carboxylic acids is 1. The zero-order chi connectivity index (χ0) is 18.2. The minimum atomic E-state index is -1.08. The topological polar surface area (TPSA) is 95.9 Å². The number of carboxylic acid groups (broad SMARTS) is 1. The van der Waals surface area contributed by atoms with Gasteiger partial charge in [-0.1, -0.05) is 43.3 Å². The molecule has 0 radical (unpaired) electrons. The van der Waals surface area contributed by atoms with E-state index in [-0.39, 0.29) is 11.7 Å². The van der Waals surface area contributed by atoms with Gasteiger partial charge >= 0.3 is 12.1 Å². The van der Waals surface area contributed by atoms with Crippen molar-refractivity contribution in [2.45, 2.75) is 13.0 Å². The fourth-order valence-electron chi connectivity index (χ4n) is 2.26. The highest BCUT2D eigenvalue weighted by atomic mass is 16.6. The molecule has 6 nitrogen and oxygen atoms in total. The summed E-state index contributed by atoms with van der Waals surface area (Å²) in [6.45, 7) is 1.74. The fraction of sp³-hybridized carbons (Fsp3) is 0.158. The van der Waals surface area contributed by atoms with Gasteiger partial charge < -0.3 is 14.9 Å². The van der Waals surface area contributed by atoms with Crippen molar-refractivity contribution in [1.29, 1.82) is 0 Å². The third kappa shape index (κ3) is 5.69. The number of nitrogens with one attached hydrogen (secondary N) is 1. The van der Waals surface area contributed by atoms with Crippen molar-refractivity contribution < 1.29 is 24.5 Å². The summed E-state index contributed by atoms with van der Waals surface area (Å²) in [5.41, 5.74) is 1.23. The number of para-hydroxylation sites is 1. The maximum atomic E-state index is 12.2. The molecule has 0 fully saturated rings. The molecule has 0 spiro atoms. The molecule has 0 aliphatic rings. The number of ether oxygens (including phenoxy) is 1. The summed E-state index contributed by atoms with van der Waals surface area (Å²) in [6, 6.07) is 15.1. The molecule has 6 heteroatoms. The zero-order valence-corrected chi connectivity index (χ0v) is 13.6. The van der Waals surface area contributed by atoms with Crippen molar-refractivity contribution in [2.75, 3.05) is 5.32 Å². The highest BCUT2D eigenvalue weighted by Gasteiger charge is 2.22. The Labute approximate surface area is 145 Å². The van der Waals surface area contributed by atoms with Crippen LogP contribution in [0.25, 0.3) is 0 Å². The number of aromatic hydroxyl groups is 1. The van der Waals surface area contributed by atoms with E-state index in [1.807, 2.05) is 6.07 Å². The number of amides is 1. The summed E-state index contributed by atoms with van der Waals surface area (Å²) in [5, 5.41) is 20.8. The summed E-state index contributed by atoms with van der Waals surface area (Å²) in [6.07, 6.45) is 1.10. The van der Waals surface area contributed by atoms with E-state index in [2.05, 4.69) is 5.32 Å². The molecule has 0 aromatic heterocycles. The molecule has 0 aliphatic carbocycles. The quantitative estimate of drug-likeness (QED) is 0.691. The van der Waals surface area contributed by atoms with Crippen LogP contribution in [0, 0.1) is 5.92 Å². The van der Waals surface area contributed by atoms with E-state index in [9.17, 15) is 14.7 Å². The number of hydrogen-bond acceptors (Lipinski definition) is 4. The predicted molar refractivity (Wildman–Crippen MR) is 93.3 cm³/mol. The van der Waals surface area contributed by atoms with Gasteiger partial charge in [0.25, 0.3) is 0 Å². The Morgan fingerprint density at radius 1 is 1.08 bits per heavy atom. The van der Waals surface area contributed by atoms with Crippen LogP contribution in [0.3, 0.4) is 0 Å². The Bertz CT molecular complexity index is 740. The van der Waals surface area contributed by atoms with Crippen LogP contribution in [0.15, 0.2) is 66.7 Å². The lowest BCUT2D eigenvalue weighted by molar-refractivity contribution is -0.131. The SMILES string of the molecule is C[C@@H](/C=C/C(=O)O)[C@H](OC(=O)Nc1ccccc1)c1ccc(O)cc1. The first kappa shape index (κ1) is 18.1. The average Bonchev–Trinajstić information content (AvgIpc) is 2.59. The molecule has 0 unspecified atom stereocenters. The Hall–Kier alpha value is -3.28. The molecule has 2 aromatic rings. The Balaban J connectivity index is 2.17. The summed E-state index contributed by atoms with van der Waals surface area (Å²) >= 11 is 0. The van der Waals surface area contributed by atoms with Gasteiger partial charge in [-0.15, -0.1) is 0 Å². The van der Waals surface area contributed by atoms with Crippen LogP contribution >= 0.6 is 0 Å². The molecular formula is C19H19NO5. The normalized spacial score (nSPS) is 13.2. The first-order valence-corrected chi connectivity index (χ1v) is 7.68. The van der Waals surface area contributed by atoms with Crippen molar-refractivity contribution in [2.24, 2.45) is 5.92 Å². The van der Waals surface area contributed by atoms with Crippen LogP contribution in [0.4, 0.5) is 10.5 Å². The van der Waals surface area contributed by atoms with Gasteiger partial charge in [0.15, 0.2) is 0 Å². The average molecular weight is 341 g/mol. The lowest BCUT2D eigenvalue weighted by Gasteiger charge is -2.22. The maximum absolute atomic E-state index is 12.2. The molecule has 0 heterocycles. The van der Waals surface area contributed by atoms with Gasteiger partial charge in [-0.25, -0.2) is 9.59 Å². The molecule has 0 saturated carbocycles. The Morgan fingerprint density at radius 3 is 2.32 bits per heavy atom. The fourth-order valence-corrected chi connectivity index (χ4v) is 2.26. The third-order valence-electron chi connectivity index (χ3n) is 3.50. The van der Waals surface area contributed by atoms with Gasteiger partial charge in [-0.05, 0) is 29.8 Å². The second kappa shape index (κ2) is 8.54. The maximum Gasteiger partial charge on any atom is 0.412 e. The van der Waals surface area contributed by atoms with Gasteiger partial charge in [-0.3, -0.25) is 5.32 Å². The number of benzene rings is 2. The number of phenolic OH excluding ortho intramolecular Hbond substituents is 1. The minimum Gasteiger partial charge on any atom is -0.508 e. The highest BCUT2D eigenvalue weighted by molar-refractivity contribution is 5.84. The number of carbonyl (C=O) groups is 2. The third-order valence-corrected chi connectivity index (χ3v) is 3.50. The summed E-state index contributed by atoms with van der Waals surface area (Å²) in [7, 11) is 0. The van der Waals surface area contributed by atoms with Gasteiger partial charge in [0.1, 0.15) is 11.9 Å². The van der Waals surface area contributed by atoms with Crippen LogP contribution in [-0.2, 0) is 9.53 Å². The second-order valence-electron chi connectivity index (χ2n) is 5.46. The van der Waals surface area contributed by atoms with Gasteiger partial charge in [0, 0.05) is 17.7 Å². The van der Waals surface area contributed by atoms with E-state index in [1.54, 1.807) is 43.3 Å². The van der Waals surface area contributed by atoms with E-state index in [1.165, 1.54) is 18.2 Å². The molecule has 2 rings (SSSR count). The van der Waals surface area contributed by atoms with Crippen LogP contribution in [0.2, 0.25) is 0 Å². The monoisotopic (exact) mass is 341 g/mol. The summed E-state index contributed by atoms with van der Waals surface area (Å²) in [4.78, 5) is 22.9. The number of aliphatic carboxylic acids is 1. The smallest absolute Gasteiger partial charge is 0.412 e. The van der Waals surface area contributed by atoms with Crippen molar-refractivity contribution in [3.05, 3.63) is 72.3 Å². The van der Waals surface area contributed by atoms with Crippen LogP contribution in [0.5, 0.6) is 5.75 Å². The van der Waals surface area contributed by atoms with Crippen LogP contribution < -0.4 is 5.32 Å². The van der Waals surface area contributed by atoms with Crippen LogP contribution in [0.1, 0.15) is 18.6 Å². The summed E-state index contributed by atoms with van der Waals surface area (Å²) in [5.74, 6) is -1.38. The molecule has 1 amide bonds. The standard InChI is InChI=1S/C19H19NO5/c1-13(7-12-17(22)23)18(14-8-10-16(21)11-9-14)25-19(24)20-15-5-3-2-4-6-15/h2-13,18,21H,1H3,(H,20,24)(H,22,23)/b12-7+/t13-,18-/m0/s1. The zero-order valence-electron chi connectivity index (χ0n) is 13.6. The summed E-state index contributed by atoms with van der Waals surface area (Å²) < 4.78 is 5.50. The molecule has 25 heavy (non-hydrogen) atoms. The van der Waals surface area contributed by atoms with E-state index in [0.29, 0.717) is 11.3 Å². The van der Waals surface area contributed by atoms with Gasteiger partial charge in [0.2, 0.25) is 0 Å². The first-order chi connectivity index (χ1) is 12.0. The van der Waals surface area contributed by atoms with Gasteiger partial charge in [0.05, 0.1) is 0 Å². The van der Waals surface area contributed by atoms with Crippen molar-refractivity contribution in [1.82, 2.24) is 0 Å². The minimum absolute atomic E-state index is 0.0879.